The number of hydrogen-bond donors (Lipinski definition) is 1. The fourth-order valence-electron chi connectivity index (χ4n) is 1.62. The minimum Gasteiger partial charge on any atom is -0.424 e. The van der Waals surface area contributed by atoms with Gasteiger partial charge in [0, 0.05) is 13.0 Å². The van der Waals surface area contributed by atoms with Crippen LogP contribution >= 0.6 is 0 Å². The van der Waals surface area contributed by atoms with Crippen LogP contribution in [0.5, 0.6) is 0 Å². The second kappa shape index (κ2) is 4.37. The molecule has 4 heteroatoms. The second-order valence-corrected chi connectivity index (χ2v) is 3.58. The van der Waals surface area contributed by atoms with E-state index in [-0.39, 0.29) is 0 Å². The monoisotopic (exact) mass is 193 g/mol. The third kappa shape index (κ3) is 2.42. The molecule has 14 heavy (non-hydrogen) atoms. The molecule has 0 aliphatic heterocycles. The topological polar surface area (TPSA) is 51.0 Å². The Kier molecular flexibility index (Phi) is 2.93. The SMILES string of the molecule is Cc1nnc(CNC2CC=CCC2)o1. The van der Waals surface area contributed by atoms with Gasteiger partial charge < -0.3 is 9.73 Å². The van der Waals surface area contributed by atoms with Crippen molar-refractivity contribution in [1.82, 2.24) is 15.5 Å². The molecular weight excluding hydrogens is 178 g/mol. The Morgan fingerprint density at radius 2 is 2.43 bits per heavy atom. The maximum atomic E-state index is 5.27. The molecule has 1 atom stereocenters. The molecule has 0 radical (unpaired) electrons. The van der Waals surface area contributed by atoms with Crippen LogP contribution in [0.25, 0.3) is 0 Å². The number of aryl methyl sites for hydroxylation is 1. The van der Waals surface area contributed by atoms with E-state index >= 15 is 0 Å². The van der Waals surface area contributed by atoms with Gasteiger partial charge in [0.2, 0.25) is 11.8 Å². The highest BCUT2D eigenvalue weighted by Crippen LogP contribution is 2.11. The molecule has 0 saturated heterocycles. The van der Waals surface area contributed by atoms with Gasteiger partial charge in [0.15, 0.2) is 0 Å². The third-order valence-corrected chi connectivity index (χ3v) is 2.38. The Bertz CT molecular complexity index is 319. The van der Waals surface area contributed by atoms with Crippen molar-refractivity contribution in [3.05, 3.63) is 23.9 Å². The van der Waals surface area contributed by atoms with Gasteiger partial charge in [-0.25, -0.2) is 0 Å². The van der Waals surface area contributed by atoms with E-state index in [4.69, 9.17) is 4.42 Å². The zero-order valence-corrected chi connectivity index (χ0v) is 8.36. The van der Waals surface area contributed by atoms with Gasteiger partial charge in [-0.1, -0.05) is 12.2 Å². The lowest BCUT2D eigenvalue weighted by atomic mass is 10.0. The number of nitrogens with one attached hydrogen (secondary N) is 1. The highest BCUT2D eigenvalue weighted by molar-refractivity contribution is 4.93. The van der Waals surface area contributed by atoms with E-state index < -0.39 is 0 Å². The summed E-state index contributed by atoms with van der Waals surface area (Å²) in [5.74, 6) is 1.31. The third-order valence-electron chi connectivity index (χ3n) is 2.38. The Morgan fingerprint density at radius 3 is 3.07 bits per heavy atom. The minimum atomic E-state index is 0.562. The summed E-state index contributed by atoms with van der Waals surface area (Å²) in [6.07, 6.45) is 7.92. The van der Waals surface area contributed by atoms with Crippen LogP contribution in [0.15, 0.2) is 16.6 Å². The van der Waals surface area contributed by atoms with Crippen molar-refractivity contribution in [2.24, 2.45) is 0 Å². The summed E-state index contributed by atoms with van der Waals surface area (Å²) in [6.45, 7) is 2.49. The molecule has 0 saturated carbocycles. The summed E-state index contributed by atoms with van der Waals surface area (Å²) in [5, 5.41) is 11.1. The van der Waals surface area contributed by atoms with Gasteiger partial charge in [0.25, 0.3) is 0 Å². The van der Waals surface area contributed by atoms with E-state index in [1.807, 2.05) is 0 Å². The van der Waals surface area contributed by atoms with Crippen molar-refractivity contribution in [3.63, 3.8) is 0 Å². The average molecular weight is 193 g/mol. The van der Waals surface area contributed by atoms with E-state index in [1.54, 1.807) is 6.92 Å². The summed E-state index contributed by atoms with van der Waals surface area (Å²) in [7, 11) is 0. The number of rotatable bonds is 3. The van der Waals surface area contributed by atoms with Crippen LogP contribution < -0.4 is 5.32 Å². The summed E-state index contributed by atoms with van der Waals surface area (Å²) >= 11 is 0. The maximum absolute atomic E-state index is 5.27. The van der Waals surface area contributed by atoms with Gasteiger partial charge in [-0.2, -0.15) is 0 Å². The van der Waals surface area contributed by atoms with Crippen LogP contribution in [0.4, 0.5) is 0 Å². The lowest BCUT2D eigenvalue weighted by Gasteiger charge is -2.17. The Hall–Kier alpha value is -1.16. The van der Waals surface area contributed by atoms with Crippen molar-refractivity contribution in [2.75, 3.05) is 0 Å². The van der Waals surface area contributed by atoms with Crippen molar-refractivity contribution in [3.8, 4) is 0 Å². The van der Waals surface area contributed by atoms with Gasteiger partial charge >= 0.3 is 0 Å². The molecular formula is C10H15N3O. The largest absolute Gasteiger partial charge is 0.424 e. The number of allylic oxidation sites excluding steroid dienone is 1. The van der Waals surface area contributed by atoms with Gasteiger partial charge in [-0.15, -0.1) is 10.2 Å². The molecule has 0 bridgehead atoms. The lowest BCUT2D eigenvalue weighted by Crippen LogP contribution is -2.29. The first-order valence-corrected chi connectivity index (χ1v) is 5.02. The Balaban J connectivity index is 1.79. The summed E-state index contributed by atoms with van der Waals surface area (Å²) in [4.78, 5) is 0. The first kappa shape index (κ1) is 9.40. The summed E-state index contributed by atoms with van der Waals surface area (Å²) in [6, 6.07) is 0.562. The second-order valence-electron chi connectivity index (χ2n) is 3.58. The fourth-order valence-corrected chi connectivity index (χ4v) is 1.62. The molecule has 1 aliphatic rings. The van der Waals surface area contributed by atoms with Crippen LogP contribution in [0, 0.1) is 6.92 Å². The standard InChI is InChI=1S/C10H15N3O/c1-8-12-13-10(14-8)7-11-9-5-3-2-4-6-9/h2-3,9,11H,4-7H2,1H3. The van der Waals surface area contributed by atoms with Crippen molar-refractivity contribution in [2.45, 2.75) is 38.8 Å². The average Bonchev–Trinajstić information content (AvgIpc) is 2.63. The van der Waals surface area contributed by atoms with Gasteiger partial charge in [0.1, 0.15) is 0 Å². The molecule has 1 aromatic heterocycles. The highest BCUT2D eigenvalue weighted by atomic mass is 16.4. The number of aromatic nitrogens is 2. The lowest BCUT2D eigenvalue weighted by molar-refractivity contribution is 0.406. The molecule has 1 aromatic rings. The van der Waals surface area contributed by atoms with Crippen LogP contribution in [-0.4, -0.2) is 16.2 Å². The molecule has 1 aliphatic carbocycles. The van der Waals surface area contributed by atoms with E-state index in [0.29, 0.717) is 24.4 Å². The highest BCUT2D eigenvalue weighted by Gasteiger charge is 2.10. The van der Waals surface area contributed by atoms with Crippen LogP contribution in [-0.2, 0) is 6.54 Å². The zero-order valence-electron chi connectivity index (χ0n) is 8.36. The van der Waals surface area contributed by atoms with E-state index in [0.717, 1.165) is 6.42 Å². The first-order valence-electron chi connectivity index (χ1n) is 5.02. The van der Waals surface area contributed by atoms with Crippen molar-refractivity contribution in [1.29, 1.82) is 0 Å². The molecule has 0 amide bonds. The van der Waals surface area contributed by atoms with Crippen molar-refractivity contribution >= 4 is 0 Å². The molecule has 0 fully saturated rings. The molecule has 1 unspecified atom stereocenters. The zero-order chi connectivity index (χ0) is 9.80. The van der Waals surface area contributed by atoms with E-state index in [2.05, 4.69) is 27.7 Å². The van der Waals surface area contributed by atoms with Crippen LogP contribution in [0.3, 0.4) is 0 Å². The Morgan fingerprint density at radius 1 is 1.50 bits per heavy atom. The molecule has 0 spiro atoms. The van der Waals surface area contributed by atoms with E-state index in [9.17, 15) is 0 Å². The molecule has 4 nitrogen and oxygen atoms in total. The van der Waals surface area contributed by atoms with Crippen molar-refractivity contribution < 1.29 is 4.42 Å². The van der Waals surface area contributed by atoms with Gasteiger partial charge in [-0.05, 0) is 19.3 Å². The van der Waals surface area contributed by atoms with Crippen LogP contribution in [0.2, 0.25) is 0 Å². The van der Waals surface area contributed by atoms with E-state index in [1.165, 1.54) is 12.8 Å². The first-order chi connectivity index (χ1) is 6.84. The van der Waals surface area contributed by atoms with Crippen LogP contribution in [0.1, 0.15) is 31.0 Å². The predicted octanol–water partition coefficient (Wildman–Crippen LogP) is 1.58. The molecule has 76 valence electrons. The van der Waals surface area contributed by atoms with Gasteiger partial charge in [0.05, 0.1) is 6.54 Å². The maximum Gasteiger partial charge on any atom is 0.230 e. The molecule has 1 heterocycles. The summed E-state index contributed by atoms with van der Waals surface area (Å²) < 4.78 is 5.27. The fraction of sp³-hybridized carbons (Fsp3) is 0.600. The summed E-state index contributed by atoms with van der Waals surface area (Å²) in [5.41, 5.74) is 0. The normalized spacial score (nSPS) is 21.4. The number of nitrogens with zero attached hydrogens (tertiary/aromatic N) is 2. The predicted molar refractivity (Wildman–Crippen MR) is 52.7 cm³/mol. The Labute approximate surface area is 83.4 Å². The molecule has 1 N–H and O–H groups in total. The smallest absolute Gasteiger partial charge is 0.230 e. The minimum absolute atomic E-state index is 0.562. The molecule has 2 rings (SSSR count). The molecule has 0 aromatic carbocycles. The van der Waals surface area contributed by atoms with Gasteiger partial charge in [-0.3, -0.25) is 0 Å². The number of hydrogen-bond acceptors (Lipinski definition) is 4. The quantitative estimate of drug-likeness (QED) is 0.740.